The Kier molecular flexibility index (Phi) is 4.40. The van der Waals surface area contributed by atoms with Gasteiger partial charge in [-0.25, -0.2) is 0 Å². The van der Waals surface area contributed by atoms with Crippen LogP contribution in [0.4, 0.5) is 13.2 Å². The number of alkyl halides is 3. The van der Waals surface area contributed by atoms with Gasteiger partial charge in [-0.2, -0.15) is 13.2 Å². The van der Waals surface area contributed by atoms with Gasteiger partial charge in [0, 0.05) is 12.1 Å². The minimum absolute atomic E-state index is 0.143. The van der Waals surface area contributed by atoms with Crippen molar-refractivity contribution in [2.45, 2.75) is 38.5 Å². The highest BCUT2D eigenvalue weighted by Gasteiger charge is 2.30. The summed E-state index contributed by atoms with van der Waals surface area (Å²) in [5.74, 6) is 0.143. The summed E-state index contributed by atoms with van der Waals surface area (Å²) in [6.45, 7) is 3.30. The molecule has 0 aromatic heterocycles. The van der Waals surface area contributed by atoms with Gasteiger partial charge in [0.2, 0.25) is 0 Å². The van der Waals surface area contributed by atoms with Gasteiger partial charge in [0.15, 0.2) is 0 Å². The van der Waals surface area contributed by atoms with Crippen LogP contribution in [0.5, 0.6) is 5.75 Å². The van der Waals surface area contributed by atoms with Crippen LogP contribution in [0.3, 0.4) is 0 Å². The fraction of sp³-hybridized carbons (Fsp3) is 0.500. The average molecular weight is 247 g/mol. The van der Waals surface area contributed by atoms with Crippen LogP contribution in [0.2, 0.25) is 0 Å². The van der Waals surface area contributed by atoms with Crippen molar-refractivity contribution in [3.8, 4) is 5.75 Å². The van der Waals surface area contributed by atoms with Crippen molar-refractivity contribution >= 4 is 0 Å². The summed E-state index contributed by atoms with van der Waals surface area (Å²) in [6.07, 6.45) is -5.00. The van der Waals surface area contributed by atoms with Crippen LogP contribution in [0.15, 0.2) is 24.3 Å². The lowest BCUT2D eigenvalue weighted by Crippen LogP contribution is -2.33. The molecule has 2 nitrogen and oxygen atoms in total. The van der Waals surface area contributed by atoms with Gasteiger partial charge in [0.25, 0.3) is 0 Å². The van der Waals surface area contributed by atoms with Crippen molar-refractivity contribution in [1.29, 1.82) is 0 Å². The number of aromatic hydroxyl groups is 1. The zero-order valence-electron chi connectivity index (χ0n) is 9.75. The molecular weight excluding hydrogens is 231 g/mol. The number of halogens is 3. The fourth-order valence-electron chi connectivity index (χ4n) is 1.69. The number of benzene rings is 1. The molecule has 1 aromatic rings. The smallest absolute Gasteiger partial charge is 0.390 e. The topological polar surface area (TPSA) is 32.3 Å². The molecule has 2 unspecified atom stereocenters. The molecule has 17 heavy (non-hydrogen) atoms. The molecule has 1 rings (SSSR count). The second-order valence-corrected chi connectivity index (χ2v) is 4.20. The molecule has 0 amide bonds. The number of hydrogen-bond acceptors (Lipinski definition) is 2. The maximum Gasteiger partial charge on any atom is 0.390 e. The first kappa shape index (κ1) is 13.8. The van der Waals surface area contributed by atoms with Gasteiger partial charge < -0.3 is 10.4 Å². The van der Waals surface area contributed by atoms with Crippen molar-refractivity contribution in [2.75, 3.05) is 0 Å². The SMILES string of the molecule is CC(CC(F)(F)F)NC(C)c1ccc(O)cc1. The lowest BCUT2D eigenvalue weighted by atomic mass is 10.1. The van der Waals surface area contributed by atoms with E-state index in [9.17, 15) is 13.2 Å². The van der Waals surface area contributed by atoms with E-state index in [1.165, 1.54) is 19.1 Å². The number of phenols is 1. The third-order valence-electron chi connectivity index (χ3n) is 2.47. The molecule has 2 atom stereocenters. The first-order valence-electron chi connectivity index (χ1n) is 5.39. The number of hydrogen-bond donors (Lipinski definition) is 2. The molecule has 5 heteroatoms. The summed E-state index contributed by atoms with van der Waals surface area (Å²) >= 11 is 0. The molecule has 0 spiro atoms. The van der Waals surface area contributed by atoms with Crippen LogP contribution in [0.25, 0.3) is 0 Å². The van der Waals surface area contributed by atoms with Crippen molar-refractivity contribution < 1.29 is 18.3 Å². The van der Waals surface area contributed by atoms with Gasteiger partial charge in [-0.1, -0.05) is 12.1 Å². The Balaban J connectivity index is 2.54. The van der Waals surface area contributed by atoms with E-state index in [1.807, 2.05) is 0 Å². The normalized spacial score (nSPS) is 15.6. The summed E-state index contributed by atoms with van der Waals surface area (Å²) in [4.78, 5) is 0. The summed E-state index contributed by atoms with van der Waals surface area (Å²) < 4.78 is 36.4. The van der Waals surface area contributed by atoms with Crippen LogP contribution in [0, 0.1) is 0 Å². The molecule has 96 valence electrons. The Morgan fingerprint density at radius 3 is 2.18 bits per heavy atom. The molecular formula is C12H16F3NO. The van der Waals surface area contributed by atoms with Gasteiger partial charge in [-0.05, 0) is 31.5 Å². The lowest BCUT2D eigenvalue weighted by Gasteiger charge is -2.21. The molecule has 0 aliphatic rings. The quantitative estimate of drug-likeness (QED) is 0.854. The van der Waals surface area contributed by atoms with Crippen molar-refractivity contribution in [1.82, 2.24) is 5.32 Å². The van der Waals surface area contributed by atoms with Crippen LogP contribution >= 0.6 is 0 Å². The summed E-state index contributed by atoms with van der Waals surface area (Å²) in [7, 11) is 0. The second kappa shape index (κ2) is 5.40. The molecule has 0 saturated heterocycles. The fourth-order valence-corrected chi connectivity index (χ4v) is 1.69. The van der Waals surface area contributed by atoms with E-state index in [1.54, 1.807) is 19.1 Å². The lowest BCUT2D eigenvalue weighted by molar-refractivity contribution is -0.139. The van der Waals surface area contributed by atoms with Gasteiger partial charge in [-0.15, -0.1) is 0 Å². The third-order valence-corrected chi connectivity index (χ3v) is 2.47. The van der Waals surface area contributed by atoms with E-state index in [4.69, 9.17) is 5.11 Å². The van der Waals surface area contributed by atoms with E-state index >= 15 is 0 Å². The standard InChI is InChI=1S/C12H16F3NO/c1-8(7-12(13,14)15)16-9(2)10-3-5-11(17)6-4-10/h3-6,8-9,16-17H,7H2,1-2H3. The van der Waals surface area contributed by atoms with E-state index < -0.39 is 18.6 Å². The highest BCUT2D eigenvalue weighted by Crippen LogP contribution is 2.23. The minimum atomic E-state index is -4.15. The molecule has 0 bridgehead atoms. The maximum absolute atomic E-state index is 12.1. The number of rotatable bonds is 4. The Hall–Kier alpha value is -1.23. The molecule has 0 aliphatic heterocycles. The van der Waals surface area contributed by atoms with E-state index in [-0.39, 0.29) is 11.8 Å². The third kappa shape index (κ3) is 5.08. The highest BCUT2D eigenvalue weighted by molar-refractivity contribution is 5.27. The maximum atomic E-state index is 12.1. The molecule has 0 fully saturated rings. The monoisotopic (exact) mass is 247 g/mol. The first-order chi connectivity index (χ1) is 7.78. The number of nitrogens with one attached hydrogen (secondary N) is 1. The molecule has 0 aliphatic carbocycles. The number of phenolic OH excluding ortho intramolecular Hbond substituents is 1. The molecule has 1 aromatic carbocycles. The van der Waals surface area contributed by atoms with Crippen LogP contribution in [-0.4, -0.2) is 17.3 Å². The summed E-state index contributed by atoms with van der Waals surface area (Å²) in [6, 6.07) is 5.58. The Morgan fingerprint density at radius 1 is 1.18 bits per heavy atom. The predicted molar refractivity (Wildman–Crippen MR) is 59.8 cm³/mol. The van der Waals surface area contributed by atoms with Gasteiger partial charge in [-0.3, -0.25) is 0 Å². The predicted octanol–water partition coefficient (Wildman–Crippen LogP) is 3.38. The zero-order valence-corrected chi connectivity index (χ0v) is 9.75. The molecule has 0 saturated carbocycles. The van der Waals surface area contributed by atoms with Crippen molar-refractivity contribution in [3.05, 3.63) is 29.8 Å². The van der Waals surface area contributed by atoms with Gasteiger partial charge in [0.1, 0.15) is 5.75 Å². The zero-order chi connectivity index (χ0) is 13.1. The van der Waals surface area contributed by atoms with Crippen molar-refractivity contribution in [2.24, 2.45) is 0 Å². The Bertz CT molecular complexity index is 348. The Morgan fingerprint density at radius 2 is 1.71 bits per heavy atom. The largest absolute Gasteiger partial charge is 0.508 e. The molecule has 2 N–H and O–H groups in total. The highest BCUT2D eigenvalue weighted by atomic mass is 19.4. The summed E-state index contributed by atoms with van der Waals surface area (Å²) in [5.41, 5.74) is 0.844. The van der Waals surface area contributed by atoms with Crippen LogP contribution in [0.1, 0.15) is 31.9 Å². The van der Waals surface area contributed by atoms with Gasteiger partial charge >= 0.3 is 6.18 Å². The summed E-state index contributed by atoms with van der Waals surface area (Å²) in [5, 5.41) is 12.0. The molecule has 0 radical (unpaired) electrons. The Labute approximate surface area is 98.5 Å². The van der Waals surface area contributed by atoms with E-state index in [0.717, 1.165) is 5.56 Å². The minimum Gasteiger partial charge on any atom is -0.508 e. The van der Waals surface area contributed by atoms with E-state index in [2.05, 4.69) is 5.32 Å². The molecule has 0 heterocycles. The van der Waals surface area contributed by atoms with Crippen molar-refractivity contribution in [3.63, 3.8) is 0 Å². The average Bonchev–Trinajstić information content (AvgIpc) is 2.15. The van der Waals surface area contributed by atoms with Gasteiger partial charge in [0.05, 0.1) is 6.42 Å². The van der Waals surface area contributed by atoms with Crippen LogP contribution in [-0.2, 0) is 0 Å². The second-order valence-electron chi connectivity index (χ2n) is 4.20. The first-order valence-corrected chi connectivity index (χ1v) is 5.39. The van der Waals surface area contributed by atoms with E-state index in [0.29, 0.717) is 0 Å². The van der Waals surface area contributed by atoms with Crippen LogP contribution < -0.4 is 5.32 Å².